The minimum Gasteiger partial charge on any atom is -0.482 e. The summed E-state index contributed by atoms with van der Waals surface area (Å²) in [5.74, 6) is 0.446. The minimum atomic E-state index is -1.42. The number of hydrogen-bond donors (Lipinski definition) is 4. The Morgan fingerprint density at radius 2 is 1.74 bits per heavy atom. The van der Waals surface area contributed by atoms with Crippen LogP contribution in [0.5, 0.6) is 5.75 Å². The van der Waals surface area contributed by atoms with Crippen molar-refractivity contribution in [3.63, 3.8) is 0 Å². The third-order valence-electron chi connectivity index (χ3n) is 2.93. The fraction of sp³-hybridized carbons (Fsp3) is 0.500. The van der Waals surface area contributed by atoms with E-state index in [4.69, 9.17) is 14.6 Å². The molecule has 2 rings (SSSR count). The highest BCUT2D eigenvalue weighted by atomic mass is 127. The Morgan fingerprint density at radius 3 is 2.32 bits per heavy atom. The lowest BCUT2D eigenvalue weighted by atomic mass is 9.99. The molecule has 1 aliphatic heterocycles. The molecule has 0 spiro atoms. The Kier molecular flexibility index (Phi) is 4.98. The van der Waals surface area contributed by atoms with Crippen LogP contribution in [0.4, 0.5) is 0 Å². The molecule has 0 radical (unpaired) electrons. The molecule has 7 heteroatoms. The van der Waals surface area contributed by atoms with Gasteiger partial charge in [0.1, 0.15) is 24.1 Å². The Balaban J connectivity index is 2.09. The van der Waals surface area contributed by atoms with Crippen LogP contribution < -0.4 is 4.74 Å². The van der Waals surface area contributed by atoms with Crippen molar-refractivity contribution >= 4 is 22.6 Å². The van der Waals surface area contributed by atoms with Crippen molar-refractivity contribution in [3.05, 3.63) is 27.8 Å². The van der Waals surface area contributed by atoms with E-state index in [0.717, 1.165) is 3.57 Å². The SMILES string of the molecule is OC[C@H]1O[C@@H](O)[C@H](Oc2ccc(I)cc2)[C@@H](O)[C@H]1O. The van der Waals surface area contributed by atoms with Crippen LogP contribution in [0, 0.1) is 3.57 Å². The molecule has 0 unspecified atom stereocenters. The van der Waals surface area contributed by atoms with Crippen LogP contribution in [0.2, 0.25) is 0 Å². The third kappa shape index (κ3) is 3.36. The molecule has 1 heterocycles. The van der Waals surface area contributed by atoms with Gasteiger partial charge in [0.2, 0.25) is 0 Å². The van der Waals surface area contributed by atoms with Gasteiger partial charge in [-0.15, -0.1) is 0 Å². The summed E-state index contributed by atoms with van der Waals surface area (Å²) < 4.78 is 11.4. The number of benzene rings is 1. The zero-order valence-corrected chi connectivity index (χ0v) is 12.0. The Hall–Kier alpha value is -0.450. The Morgan fingerprint density at radius 1 is 1.11 bits per heavy atom. The average molecular weight is 382 g/mol. The lowest BCUT2D eigenvalue weighted by Crippen LogP contribution is -2.60. The highest BCUT2D eigenvalue weighted by Gasteiger charge is 2.45. The van der Waals surface area contributed by atoms with Crippen molar-refractivity contribution in [2.75, 3.05) is 6.61 Å². The number of ether oxygens (including phenoxy) is 2. The van der Waals surface area contributed by atoms with Gasteiger partial charge in [-0.2, -0.15) is 0 Å². The number of rotatable bonds is 3. The lowest BCUT2D eigenvalue weighted by molar-refractivity contribution is -0.280. The Labute approximate surface area is 123 Å². The summed E-state index contributed by atoms with van der Waals surface area (Å²) in [6.07, 6.45) is -6.23. The number of halogens is 1. The maximum absolute atomic E-state index is 9.90. The van der Waals surface area contributed by atoms with Gasteiger partial charge in [-0.1, -0.05) is 0 Å². The van der Waals surface area contributed by atoms with Crippen molar-refractivity contribution in [2.24, 2.45) is 0 Å². The van der Waals surface area contributed by atoms with Crippen LogP contribution in [0.1, 0.15) is 0 Å². The first-order valence-corrected chi connectivity index (χ1v) is 6.83. The van der Waals surface area contributed by atoms with Gasteiger partial charge in [0.15, 0.2) is 12.4 Å². The summed E-state index contributed by atoms with van der Waals surface area (Å²) in [6, 6.07) is 6.99. The smallest absolute Gasteiger partial charge is 0.195 e. The summed E-state index contributed by atoms with van der Waals surface area (Å²) >= 11 is 2.14. The second kappa shape index (κ2) is 6.33. The van der Waals surface area contributed by atoms with Crippen molar-refractivity contribution in [3.8, 4) is 5.75 Å². The van der Waals surface area contributed by atoms with E-state index in [9.17, 15) is 15.3 Å². The van der Waals surface area contributed by atoms with E-state index in [1.807, 2.05) is 12.1 Å². The first-order valence-electron chi connectivity index (χ1n) is 5.75. The summed E-state index contributed by atoms with van der Waals surface area (Å²) in [6.45, 7) is -0.495. The molecule has 1 aromatic carbocycles. The molecule has 0 bridgehead atoms. The van der Waals surface area contributed by atoms with Crippen LogP contribution >= 0.6 is 22.6 Å². The van der Waals surface area contributed by atoms with Gasteiger partial charge in [0, 0.05) is 3.57 Å². The van der Waals surface area contributed by atoms with Crippen molar-refractivity contribution in [2.45, 2.75) is 30.7 Å². The predicted molar refractivity (Wildman–Crippen MR) is 73.6 cm³/mol. The van der Waals surface area contributed by atoms with Crippen molar-refractivity contribution in [1.29, 1.82) is 0 Å². The first-order chi connectivity index (χ1) is 9.02. The van der Waals surface area contributed by atoms with Crippen molar-refractivity contribution < 1.29 is 29.9 Å². The number of aliphatic hydroxyl groups is 4. The maximum Gasteiger partial charge on any atom is 0.195 e. The quantitative estimate of drug-likeness (QED) is 0.525. The molecule has 1 fully saturated rings. The molecule has 0 amide bonds. The molecule has 0 aliphatic carbocycles. The summed E-state index contributed by atoms with van der Waals surface area (Å²) in [4.78, 5) is 0. The normalized spacial score (nSPS) is 35.1. The molecular weight excluding hydrogens is 367 g/mol. The fourth-order valence-electron chi connectivity index (χ4n) is 1.87. The second-order valence-corrected chi connectivity index (χ2v) is 5.51. The van der Waals surface area contributed by atoms with Crippen LogP contribution in [-0.2, 0) is 4.74 Å². The summed E-state index contributed by atoms with van der Waals surface area (Å²) in [5.41, 5.74) is 0. The molecule has 19 heavy (non-hydrogen) atoms. The summed E-state index contributed by atoms with van der Waals surface area (Å²) in [7, 11) is 0. The molecule has 6 nitrogen and oxygen atoms in total. The van der Waals surface area contributed by atoms with Gasteiger partial charge in [0.05, 0.1) is 6.61 Å². The monoisotopic (exact) mass is 382 g/mol. The molecule has 0 aromatic heterocycles. The standard InChI is InChI=1S/C12H15IO6/c13-6-1-3-7(4-2-6)18-11-10(16)9(15)8(5-14)19-12(11)17/h1-4,8-12,14-17H,5H2/t8-,9+,10+,11-,12-/m1/s1. The zero-order valence-electron chi connectivity index (χ0n) is 9.89. The van der Waals surface area contributed by atoms with Gasteiger partial charge >= 0.3 is 0 Å². The molecule has 1 aliphatic rings. The van der Waals surface area contributed by atoms with Crippen LogP contribution in [-0.4, -0.2) is 57.7 Å². The van der Waals surface area contributed by atoms with Crippen molar-refractivity contribution in [1.82, 2.24) is 0 Å². The fourth-order valence-corrected chi connectivity index (χ4v) is 2.23. The van der Waals surface area contributed by atoms with Gasteiger partial charge in [0.25, 0.3) is 0 Å². The number of aliphatic hydroxyl groups excluding tert-OH is 4. The van der Waals surface area contributed by atoms with E-state index in [1.165, 1.54) is 0 Å². The van der Waals surface area contributed by atoms with E-state index >= 15 is 0 Å². The maximum atomic E-state index is 9.90. The molecule has 1 aromatic rings. The zero-order chi connectivity index (χ0) is 14.0. The van der Waals surface area contributed by atoms with Gasteiger partial charge in [-0.25, -0.2) is 0 Å². The van der Waals surface area contributed by atoms with E-state index in [1.54, 1.807) is 12.1 Å². The largest absolute Gasteiger partial charge is 0.482 e. The highest BCUT2D eigenvalue weighted by molar-refractivity contribution is 14.1. The van der Waals surface area contributed by atoms with Crippen LogP contribution in [0.25, 0.3) is 0 Å². The summed E-state index contributed by atoms with van der Waals surface area (Å²) in [5, 5.41) is 38.3. The molecule has 1 saturated heterocycles. The van der Waals surface area contributed by atoms with E-state index in [0.29, 0.717) is 5.75 Å². The first kappa shape index (κ1) is 14.9. The topological polar surface area (TPSA) is 99.4 Å². The predicted octanol–water partition coefficient (Wildman–Crippen LogP) is -0.530. The van der Waals surface area contributed by atoms with Crippen LogP contribution in [0.3, 0.4) is 0 Å². The number of hydrogen-bond acceptors (Lipinski definition) is 6. The molecule has 5 atom stereocenters. The minimum absolute atomic E-state index is 0.446. The molecule has 0 saturated carbocycles. The average Bonchev–Trinajstić information content (AvgIpc) is 2.41. The van der Waals surface area contributed by atoms with E-state index < -0.39 is 37.3 Å². The van der Waals surface area contributed by atoms with E-state index in [-0.39, 0.29) is 0 Å². The Bertz CT molecular complexity index is 411. The van der Waals surface area contributed by atoms with Gasteiger partial charge in [-0.3, -0.25) is 0 Å². The van der Waals surface area contributed by atoms with Gasteiger partial charge in [-0.05, 0) is 46.9 Å². The molecule has 4 N–H and O–H groups in total. The highest BCUT2D eigenvalue weighted by Crippen LogP contribution is 2.24. The lowest BCUT2D eigenvalue weighted by Gasteiger charge is -2.39. The van der Waals surface area contributed by atoms with Crippen LogP contribution in [0.15, 0.2) is 24.3 Å². The third-order valence-corrected chi connectivity index (χ3v) is 3.65. The van der Waals surface area contributed by atoms with Gasteiger partial charge < -0.3 is 29.9 Å². The van der Waals surface area contributed by atoms with E-state index in [2.05, 4.69) is 22.6 Å². The molecular formula is C12H15IO6. The molecule has 106 valence electrons. The second-order valence-electron chi connectivity index (χ2n) is 4.27.